The third kappa shape index (κ3) is 44.5. The van der Waals surface area contributed by atoms with Gasteiger partial charge in [-0.1, -0.05) is 0 Å². The molecule has 37 heavy (non-hydrogen) atoms. The Hall–Kier alpha value is -1.92. The topological polar surface area (TPSA) is 403 Å². The second kappa shape index (κ2) is 34.1. The van der Waals surface area contributed by atoms with E-state index in [4.69, 9.17) is 51.1 Å². The van der Waals surface area contributed by atoms with E-state index in [1.54, 1.807) is 0 Å². The van der Waals surface area contributed by atoms with Crippen molar-refractivity contribution in [2.45, 2.75) is 30.5 Å². The van der Waals surface area contributed by atoms with Gasteiger partial charge in [0.25, 0.3) is 0 Å². The van der Waals surface area contributed by atoms with Gasteiger partial charge in [-0.15, -0.1) is 0 Å². The van der Waals surface area contributed by atoms with E-state index in [0.29, 0.717) is 0 Å². The van der Waals surface area contributed by atoms with E-state index >= 15 is 0 Å². The number of carboxylic acids is 5. The molecule has 0 heterocycles. The van der Waals surface area contributed by atoms with Crippen molar-refractivity contribution in [3.8, 4) is 0 Å². The molecule has 0 aliphatic carbocycles. The molecule has 0 aromatic rings. The maximum Gasteiger partial charge on any atom is 3.00 e. The third-order valence-electron chi connectivity index (χ3n) is 2.23. The number of carbonyl (C=O) groups excluding carboxylic acids is 5. The monoisotopic (exact) mass is 652 g/mol. The maximum absolute atomic E-state index is 9.41. The molecule has 0 aromatic carbocycles. The van der Waals surface area contributed by atoms with Crippen LogP contribution in [0.4, 0.5) is 0 Å². The van der Waals surface area contributed by atoms with Crippen LogP contribution in [0, 0.1) is 0 Å². The fraction of sp³-hybridized carbons (Fsp3) is 0.667. The van der Waals surface area contributed by atoms with Gasteiger partial charge in [0.05, 0.1) is 62.9 Å². The smallest absolute Gasteiger partial charge is 0.547 e. The predicted octanol–water partition coefficient (Wildman–Crippen LogP) is -14.9. The van der Waals surface area contributed by atoms with Crippen LogP contribution < -0.4 is 25.5 Å². The Labute approximate surface area is 230 Å². The van der Waals surface area contributed by atoms with Gasteiger partial charge in [0.2, 0.25) is 0 Å². The molecule has 0 spiro atoms. The van der Waals surface area contributed by atoms with E-state index in [2.05, 4.69) is 0 Å². The summed E-state index contributed by atoms with van der Waals surface area (Å²) in [6, 6.07) is 0. The summed E-state index contributed by atoms with van der Waals surface area (Å²) in [7, 11) is 0. The minimum absolute atomic E-state index is 0. The van der Waals surface area contributed by atoms with Gasteiger partial charge >= 0.3 is 36.3 Å². The number of hydrogen-bond donors (Lipinski definition) is 10. The van der Waals surface area contributed by atoms with Gasteiger partial charge < -0.3 is 101 Å². The van der Waals surface area contributed by atoms with Gasteiger partial charge in [0, 0.05) is 0 Å². The molecule has 0 radical (unpaired) electrons. The molecule has 5 unspecified atom stereocenters. The van der Waals surface area contributed by atoms with Crippen LogP contribution in [0.5, 0.6) is 0 Å². The van der Waals surface area contributed by atoms with Crippen molar-refractivity contribution < 1.29 is 117 Å². The molecule has 0 saturated carbocycles. The van der Waals surface area contributed by atoms with Crippen LogP contribution in [0.15, 0.2) is 0 Å². The molecule has 20 nitrogen and oxygen atoms in total. The molecule has 0 aromatic heterocycles. The van der Waals surface area contributed by atoms with E-state index < -0.39 is 93.4 Å². The molecule has 0 aliphatic rings. The zero-order chi connectivity index (χ0) is 29.3. The minimum Gasteiger partial charge on any atom is -0.547 e. The Bertz CT molecular complexity index is 476. The molecule has 22 heteroatoms. The van der Waals surface area contributed by atoms with Crippen LogP contribution in [0.1, 0.15) is 0 Å². The second-order valence-electron chi connectivity index (χ2n) is 5.09. The van der Waals surface area contributed by atoms with Crippen molar-refractivity contribution in [3.05, 3.63) is 0 Å². The first-order chi connectivity index (χ1) is 15.9. The number of aliphatic carboxylic acids is 5. The largest absolute Gasteiger partial charge is 3.00 e. The van der Waals surface area contributed by atoms with Crippen LogP contribution in [0.25, 0.3) is 0 Å². The maximum atomic E-state index is 9.41. The summed E-state index contributed by atoms with van der Waals surface area (Å²) in [5.74, 6) is -8.25. The zero-order valence-corrected chi connectivity index (χ0v) is 21.8. The van der Waals surface area contributed by atoms with Gasteiger partial charge in [-0.25, -0.2) is 0 Å². The summed E-state index contributed by atoms with van der Waals surface area (Å²) < 4.78 is 0. The minimum atomic E-state index is -1.74. The van der Waals surface area contributed by atoms with Gasteiger partial charge in [-0.05, 0) is 0 Å². The average molecular weight is 654 g/mol. The first kappa shape index (κ1) is 51.7. The van der Waals surface area contributed by atoms with E-state index in [-0.39, 0.29) is 36.3 Å². The molecule has 0 bridgehead atoms. The average Bonchev–Trinajstić information content (AvgIpc) is 2.82. The number of hydrogen-bond acceptors (Lipinski definition) is 20. The normalized spacial score (nSPS) is 12.7. The zero-order valence-electron chi connectivity index (χ0n) is 18.4. The number of carboxylic acid groups (broad SMARTS) is 5. The molecule has 0 saturated heterocycles. The predicted molar refractivity (Wildman–Crippen MR) is 96.3 cm³/mol. The summed E-state index contributed by atoms with van der Waals surface area (Å²) in [6.45, 7) is -3.95. The molecule has 5 atom stereocenters. The molecule has 0 fully saturated rings. The standard InChI is InChI=1S/5C3H6O4.Ga.Ni/c5*4-1-2(5)3(6)7;;/h5*2,4-5H,1H2,(H,6,7);;/q;;;;;+3;+2/p-5. The fourth-order valence-electron chi connectivity index (χ4n) is 0.373. The second-order valence-corrected chi connectivity index (χ2v) is 5.09. The Morgan fingerprint density at radius 2 is 0.486 bits per heavy atom. The molecule has 10 N–H and O–H groups in total. The van der Waals surface area contributed by atoms with E-state index in [1.165, 1.54) is 0 Å². The van der Waals surface area contributed by atoms with Crippen molar-refractivity contribution >= 4 is 49.6 Å². The van der Waals surface area contributed by atoms with Crippen molar-refractivity contribution in [3.63, 3.8) is 0 Å². The van der Waals surface area contributed by atoms with Crippen LogP contribution in [0.2, 0.25) is 0 Å². The van der Waals surface area contributed by atoms with Crippen molar-refractivity contribution in [1.29, 1.82) is 0 Å². The van der Waals surface area contributed by atoms with Crippen molar-refractivity contribution in [2.75, 3.05) is 33.0 Å². The molecule has 218 valence electrons. The molecule has 0 amide bonds. The van der Waals surface area contributed by atoms with Gasteiger partial charge in [-0.2, -0.15) is 0 Å². The Morgan fingerprint density at radius 1 is 0.405 bits per heavy atom. The van der Waals surface area contributed by atoms with E-state index in [1.807, 2.05) is 0 Å². The van der Waals surface area contributed by atoms with Crippen LogP contribution in [-0.2, 0) is 40.5 Å². The number of aliphatic hydroxyl groups is 10. The Kier molecular flexibility index (Phi) is 47.6. The Morgan fingerprint density at radius 3 is 0.486 bits per heavy atom. The first-order valence-electron chi connectivity index (χ1n) is 8.40. The summed E-state index contributed by atoms with van der Waals surface area (Å²) in [6.07, 6.45) is -8.68. The summed E-state index contributed by atoms with van der Waals surface area (Å²) in [4.78, 5) is 47.0. The van der Waals surface area contributed by atoms with Gasteiger partial charge in [0.15, 0.2) is 0 Å². The van der Waals surface area contributed by atoms with E-state index in [0.717, 1.165) is 0 Å². The van der Waals surface area contributed by atoms with E-state index in [9.17, 15) is 49.5 Å². The van der Waals surface area contributed by atoms with Crippen LogP contribution in [-0.4, -0.2) is 164 Å². The van der Waals surface area contributed by atoms with Gasteiger partial charge in [-0.3, -0.25) is 0 Å². The Balaban J connectivity index is -0.0000000600. The summed E-state index contributed by atoms with van der Waals surface area (Å²) in [5, 5.41) is 126. The molecule has 0 aliphatic heterocycles. The number of aliphatic hydroxyl groups excluding tert-OH is 10. The molecule has 0 rings (SSSR count). The van der Waals surface area contributed by atoms with Gasteiger partial charge in [0.1, 0.15) is 30.5 Å². The third-order valence-corrected chi connectivity index (χ3v) is 2.23. The summed E-state index contributed by atoms with van der Waals surface area (Å²) >= 11 is 0. The summed E-state index contributed by atoms with van der Waals surface area (Å²) in [5.41, 5.74) is 0. The molecular weight excluding hydrogens is 629 g/mol. The number of rotatable bonds is 10. The van der Waals surface area contributed by atoms with Crippen molar-refractivity contribution in [2.24, 2.45) is 0 Å². The number of carbonyl (C=O) groups is 5. The van der Waals surface area contributed by atoms with Crippen molar-refractivity contribution in [1.82, 2.24) is 0 Å². The molecular formula is C15H25GaNiO20. The first-order valence-corrected chi connectivity index (χ1v) is 8.40. The van der Waals surface area contributed by atoms with Crippen LogP contribution >= 0.6 is 0 Å². The fourth-order valence-corrected chi connectivity index (χ4v) is 0.373. The van der Waals surface area contributed by atoms with Crippen LogP contribution in [0.3, 0.4) is 0 Å². The SMILES string of the molecule is O=C([O-])C(O)CO.O=C([O-])C(O)CO.O=C([O-])C(O)CO.O=C([O-])C(O)CO.O=C([O-])C(O)CO.[Ga+3].[Ni+2]. The quantitative estimate of drug-likeness (QED) is 0.0977.